The van der Waals surface area contributed by atoms with Crippen molar-refractivity contribution in [3.63, 3.8) is 0 Å². The summed E-state index contributed by atoms with van der Waals surface area (Å²) in [5, 5.41) is 0. The molecule has 1 heterocycles. The van der Waals surface area contributed by atoms with Gasteiger partial charge in [0.2, 0.25) is 0 Å². The Morgan fingerprint density at radius 3 is 1.62 bits per heavy atom. The van der Waals surface area contributed by atoms with Gasteiger partial charge in [-0.2, -0.15) is 0 Å². The van der Waals surface area contributed by atoms with Crippen LogP contribution in [-0.4, -0.2) is 55.3 Å². The van der Waals surface area contributed by atoms with Gasteiger partial charge in [-0.15, -0.1) is 0 Å². The molecule has 142 valence electrons. The summed E-state index contributed by atoms with van der Waals surface area (Å²) in [6.45, 7) is 6.28. The second-order valence-corrected chi connectivity index (χ2v) is 4.65. The zero-order valence-electron chi connectivity index (χ0n) is 15.1. The van der Waals surface area contributed by atoms with E-state index in [-0.39, 0.29) is 32.0 Å². The fourth-order valence-corrected chi connectivity index (χ4v) is 2.05. The van der Waals surface area contributed by atoms with Crippen molar-refractivity contribution in [2.24, 2.45) is 0 Å². The molecule has 0 amide bonds. The van der Waals surface area contributed by atoms with Gasteiger partial charge in [-0.1, -0.05) is 0 Å². The van der Waals surface area contributed by atoms with Crippen LogP contribution in [-0.2, 0) is 18.9 Å². The molecule has 1 aromatic heterocycles. The van der Waals surface area contributed by atoms with Crippen molar-refractivity contribution in [3.05, 3.63) is 28.6 Å². The molecule has 0 radical (unpaired) electrons. The topological polar surface area (TPSA) is 118 Å². The molecule has 0 bridgehead atoms. The lowest BCUT2D eigenvalue weighted by Gasteiger charge is -2.15. The summed E-state index contributed by atoms with van der Waals surface area (Å²) >= 11 is 0. The molecule has 1 rings (SSSR count). The van der Waals surface area contributed by atoms with E-state index in [2.05, 4.69) is 4.98 Å². The van der Waals surface area contributed by atoms with E-state index < -0.39 is 40.7 Å². The maximum Gasteiger partial charge on any atom is 0.357 e. The Kier molecular flexibility index (Phi) is 8.20. The van der Waals surface area contributed by atoms with Crippen LogP contribution in [0.5, 0.6) is 0 Å². The Bertz CT molecular complexity index is 639. The van der Waals surface area contributed by atoms with Gasteiger partial charge in [0, 0.05) is 6.20 Å². The number of carbonyl (C=O) groups is 4. The third-order valence-electron chi connectivity index (χ3n) is 3.00. The van der Waals surface area contributed by atoms with Crippen LogP contribution in [0.2, 0.25) is 0 Å². The molecular formula is C17H21NO8. The van der Waals surface area contributed by atoms with Crippen molar-refractivity contribution in [2.75, 3.05) is 26.4 Å². The highest BCUT2D eigenvalue weighted by Crippen LogP contribution is 2.22. The summed E-state index contributed by atoms with van der Waals surface area (Å²) in [5.41, 5.74) is -1.68. The summed E-state index contributed by atoms with van der Waals surface area (Å²) in [4.78, 5) is 53.0. The molecular weight excluding hydrogens is 346 g/mol. The molecule has 0 atom stereocenters. The summed E-state index contributed by atoms with van der Waals surface area (Å²) in [5.74, 6) is -3.80. The van der Waals surface area contributed by atoms with Gasteiger partial charge >= 0.3 is 23.9 Å². The number of rotatable bonds is 8. The van der Waals surface area contributed by atoms with Crippen LogP contribution < -0.4 is 0 Å². The van der Waals surface area contributed by atoms with E-state index in [1.807, 2.05) is 0 Å². The summed E-state index contributed by atoms with van der Waals surface area (Å²) in [6.07, 6.45) is 0.971. The minimum atomic E-state index is -1.00. The van der Waals surface area contributed by atoms with Crippen LogP contribution in [0, 0.1) is 0 Å². The van der Waals surface area contributed by atoms with Crippen LogP contribution in [0.3, 0.4) is 0 Å². The Morgan fingerprint density at radius 2 is 1.12 bits per heavy atom. The van der Waals surface area contributed by atoms with E-state index in [0.717, 1.165) is 6.20 Å². The molecule has 0 unspecified atom stereocenters. The average Bonchev–Trinajstić information content (AvgIpc) is 2.61. The second-order valence-electron chi connectivity index (χ2n) is 4.65. The Labute approximate surface area is 150 Å². The van der Waals surface area contributed by atoms with Gasteiger partial charge in [0.05, 0.1) is 37.6 Å². The highest BCUT2D eigenvalue weighted by molar-refractivity contribution is 6.14. The highest BCUT2D eigenvalue weighted by Gasteiger charge is 2.33. The Morgan fingerprint density at radius 1 is 0.692 bits per heavy atom. The molecule has 0 saturated heterocycles. The number of ether oxygens (including phenoxy) is 4. The minimum absolute atomic E-state index is 0.0135. The molecule has 0 spiro atoms. The SMILES string of the molecule is CCOC(=O)c1cnc(C(=O)OCC)c(C(=O)OCC)c1C(=O)OCC. The van der Waals surface area contributed by atoms with Crippen LogP contribution in [0.4, 0.5) is 0 Å². The standard InChI is InChI=1S/C17H21NO8/c1-5-23-14(19)10-9-18-13(17(22)26-8-4)12(16(21)25-7-3)11(10)15(20)24-6-2/h9H,5-8H2,1-4H3. The number of aromatic nitrogens is 1. The lowest BCUT2D eigenvalue weighted by molar-refractivity contribution is 0.0440. The summed E-state index contributed by atoms with van der Waals surface area (Å²) < 4.78 is 19.6. The van der Waals surface area contributed by atoms with Gasteiger partial charge in [-0.25, -0.2) is 24.2 Å². The predicted molar refractivity (Wildman–Crippen MR) is 88.1 cm³/mol. The van der Waals surface area contributed by atoms with Crippen LogP contribution in [0.15, 0.2) is 6.20 Å². The number of pyridine rings is 1. The van der Waals surface area contributed by atoms with Gasteiger partial charge in [0.15, 0.2) is 5.69 Å². The van der Waals surface area contributed by atoms with Crippen molar-refractivity contribution in [2.45, 2.75) is 27.7 Å². The average molecular weight is 367 g/mol. The first-order chi connectivity index (χ1) is 12.4. The fourth-order valence-electron chi connectivity index (χ4n) is 2.05. The zero-order valence-corrected chi connectivity index (χ0v) is 15.1. The number of esters is 4. The van der Waals surface area contributed by atoms with E-state index in [1.54, 1.807) is 27.7 Å². The lowest BCUT2D eigenvalue weighted by atomic mass is 10.0. The van der Waals surface area contributed by atoms with Crippen molar-refractivity contribution in [1.82, 2.24) is 4.98 Å². The smallest absolute Gasteiger partial charge is 0.357 e. The first kappa shape index (κ1) is 21.1. The Hall–Kier alpha value is -2.97. The molecule has 9 heteroatoms. The van der Waals surface area contributed by atoms with Crippen LogP contribution >= 0.6 is 0 Å². The quantitative estimate of drug-likeness (QED) is 0.500. The molecule has 0 aliphatic rings. The molecule has 26 heavy (non-hydrogen) atoms. The predicted octanol–water partition coefficient (Wildman–Crippen LogP) is 1.79. The molecule has 0 saturated carbocycles. The van der Waals surface area contributed by atoms with Crippen molar-refractivity contribution >= 4 is 23.9 Å². The van der Waals surface area contributed by atoms with Crippen molar-refractivity contribution in [1.29, 1.82) is 0 Å². The molecule has 0 N–H and O–H groups in total. The monoisotopic (exact) mass is 367 g/mol. The van der Waals surface area contributed by atoms with E-state index in [9.17, 15) is 19.2 Å². The normalized spacial score (nSPS) is 10.0. The van der Waals surface area contributed by atoms with Gasteiger partial charge in [0.25, 0.3) is 0 Å². The first-order valence-electron chi connectivity index (χ1n) is 8.14. The highest BCUT2D eigenvalue weighted by atomic mass is 16.5. The minimum Gasteiger partial charge on any atom is -0.462 e. The molecule has 0 aliphatic heterocycles. The summed E-state index contributed by atoms with van der Waals surface area (Å²) in [6, 6.07) is 0. The van der Waals surface area contributed by atoms with E-state index >= 15 is 0 Å². The van der Waals surface area contributed by atoms with Crippen LogP contribution in [0.25, 0.3) is 0 Å². The lowest BCUT2D eigenvalue weighted by Crippen LogP contribution is -2.25. The zero-order chi connectivity index (χ0) is 19.7. The Balaban J connectivity index is 3.73. The molecule has 0 aromatic carbocycles. The van der Waals surface area contributed by atoms with Crippen LogP contribution in [0.1, 0.15) is 69.3 Å². The van der Waals surface area contributed by atoms with Crippen molar-refractivity contribution < 1.29 is 38.1 Å². The molecule has 1 aromatic rings. The third-order valence-corrected chi connectivity index (χ3v) is 3.00. The number of carbonyl (C=O) groups excluding carboxylic acids is 4. The molecule has 0 aliphatic carbocycles. The molecule has 9 nitrogen and oxygen atoms in total. The second kappa shape index (κ2) is 10.1. The number of hydrogen-bond donors (Lipinski definition) is 0. The van der Waals surface area contributed by atoms with Gasteiger partial charge in [-0.05, 0) is 27.7 Å². The number of nitrogens with zero attached hydrogens (tertiary/aromatic N) is 1. The van der Waals surface area contributed by atoms with E-state index in [0.29, 0.717) is 0 Å². The van der Waals surface area contributed by atoms with Gasteiger partial charge < -0.3 is 18.9 Å². The van der Waals surface area contributed by atoms with Crippen molar-refractivity contribution in [3.8, 4) is 0 Å². The van der Waals surface area contributed by atoms with E-state index in [1.165, 1.54) is 0 Å². The third kappa shape index (κ3) is 4.78. The van der Waals surface area contributed by atoms with Gasteiger partial charge in [-0.3, -0.25) is 0 Å². The maximum atomic E-state index is 12.4. The largest absolute Gasteiger partial charge is 0.462 e. The first-order valence-corrected chi connectivity index (χ1v) is 8.14. The summed E-state index contributed by atoms with van der Waals surface area (Å²) in [7, 11) is 0. The maximum absolute atomic E-state index is 12.4. The number of hydrogen-bond acceptors (Lipinski definition) is 9. The molecule has 0 fully saturated rings. The van der Waals surface area contributed by atoms with Gasteiger partial charge in [0.1, 0.15) is 5.56 Å². The fraction of sp³-hybridized carbons (Fsp3) is 0.471. The van der Waals surface area contributed by atoms with E-state index in [4.69, 9.17) is 18.9 Å².